The number of aromatic nitrogens is 3. The molecule has 1 aromatic rings. The number of unbranched alkanes of at least 4 members (excludes halogenated alkanes) is 2. The average Bonchev–Trinajstić information content (AvgIpc) is 2.98. The zero-order chi connectivity index (χ0) is 14.2. The fourth-order valence-corrected chi connectivity index (χ4v) is 2.25. The van der Waals surface area contributed by atoms with E-state index in [1.54, 1.807) is 10.9 Å². The van der Waals surface area contributed by atoms with Gasteiger partial charge in [-0.1, -0.05) is 5.21 Å². The molecule has 2 N–H and O–H groups in total. The minimum absolute atomic E-state index is 0.192. The number of hydrogen-bond donors (Lipinski definition) is 2. The molecule has 20 heavy (non-hydrogen) atoms. The summed E-state index contributed by atoms with van der Waals surface area (Å²) in [7, 11) is 0. The molecular weight excluding hydrogens is 256 g/mol. The summed E-state index contributed by atoms with van der Waals surface area (Å²) < 4.78 is 1.80. The molecule has 7 heteroatoms. The van der Waals surface area contributed by atoms with E-state index < -0.39 is 0 Å². The molecule has 1 aliphatic rings. The molecule has 0 aromatic carbocycles. The average molecular weight is 276 g/mol. The highest BCUT2D eigenvalue weighted by molar-refractivity contribution is 5.91. The maximum absolute atomic E-state index is 11.9. The standard InChI is InChI=1S/C13H20N6O/c14-6-2-1-3-7-16-13(20)12-10-19(18-17-12)11-4-8-15-9-5-11/h10-11,15H,1-5,7-9H2,(H,16,20). The number of hydrogen-bond acceptors (Lipinski definition) is 5. The van der Waals surface area contributed by atoms with Crippen molar-refractivity contribution in [2.75, 3.05) is 19.6 Å². The Bertz CT molecular complexity index is 471. The van der Waals surface area contributed by atoms with E-state index in [9.17, 15) is 4.79 Å². The Kier molecular flexibility index (Phi) is 5.50. The second kappa shape index (κ2) is 7.60. The van der Waals surface area contributed by atoms with Crippen molar-refractivity contribution in [1.29, 1.82) is 5.26 Å². The van der Waals surface area contributed by atoms with Crippen LogP contribution in [0.5, 0.6) is 0 Å². The lowest BCUT2D eigenvalue weighted by Crippen LogP contribution is -2.29. The van der Waals surface area contributed by atoms with Crippen LogP contribution in [0, 0.1) is 11.3 Å². The predicted molar refractivity (Wildman–Crippen MR) is 73.0 cm³/mol. The van der Waals surface area contributed by atoms with Crippen LogP contribution in [0.25, 0.3) is 0 Å². The smallest absolute Gasteiger partial charge is 0.273 e. The number of piperidine rings is 1. The van der Waals surface area contributed by atoms with E-state index in [0.29, 0.717) is 24.7 Å². The summed E-state index contributed by atoms with van der Waals surface area (Å²) in [6.07, 6.45) is 5.89. The molecule has 108 valence electrons. The van der Waals surface area contributed by atoms with E-state index in [1.807, 2.05) is 0 Å². The maximum atomic E-state index is 11.9. The van der Waals surface area contributed by atoms with Crippen molar-refractivity contribution in [1.82, 2.24) is 25.6 Å². The highest BCUT2D eigenvalue weighted by Crippen LogP contribution is 2.16. The van der Waals surface area contributed by atoms with E-state index in [1.165, 1.54) is 0 Å². The Labute approximate surface area is 118 Å². The van der Waals surface area contributed by atoms with Crippen LogP contribution in [-0.4, -0.2) is 40.5 Å². The van der Waals surface area contributed by atoms with Crippen molar-refractivity contribution in [3.8, 4) is 6.07 Å². The van der Waals surface area contributed by atoms with Crippen LogP contribution < -0.4 is 10.6 Å². The summed E-state index contributed by atoms with van der Waals surface area (Å²) >= 11 is 0. The van der Waals surface area contributed by atoms with Gasteiger partial charge in [0.15, 0.2) is 5.69 Å². The van der Waals surface area contributed by atoms with Gasteiger partial charge < -0.3 is 10.6 Å². The van der Waals surface area contributed by atoms with Gasteiger partial charge in [0.2, 0.25) is 0 Å². The van der Waals surface area contributed by atoms with Crippen molar-refractivity contribution in [2.24, 2.45) is 0 Å². The molecule has 0 atom stereocenters. The summed E-state index contributed by atoms with van der Waals surface area (Å²) in [6, 6.07) is 2.42. The fraction of sp³-hybridized carbons (Fsp3) is 0.692. The fourth-order valence-electron chi connectivity index (χ4n) is 2.25. The Morgan fingerprint density at radius 1 is 1.50 bits per heavy atom. The van der Waals surface area contributed by atoms with Crippen molar-refractivity contribution in [2.45, 2.75) is 38.1 Å². The van der Waals surface area contributed by atoms with E-state index in [2.05, 4.69) is 27.0 Å². The van der Waals surface area contributed by atoms with Gasteiger partial charge in [0, 0.05) is 13.0 Å². The molecule has 1 aromatic heterocycles. The molecule has 1 aliphatic heterocycles. The molecular formula is C13H20N6O. The number of carbonyl (C=O) groups is 1. The van der Waals surface area contributed by atoms with Gasteiger partial charge in [-0.15, -0.1) is 5.10 Å². The van der Waals surface area contributed by atoms with E-state index in [-0.39, 0.29) is 5.91 Å². The van der Waals surface area contributed by atoms with E-state index >= 15 is 0 Å². The lowest BCUT2D eigenvalue weighted by Gasteiger charge is -2.22. The molecule has 7 nitrogen and oxygen atoms in total. The van der Waals surface area contributed by atoms with Gasteiger partial charge in [0.05, 0.1) is 18.3 Å². The highest BCUT2D eigenvalue weighted by Gasteiger charge is 2.18. The summed E-state index contributed by atoms with van der Waals surface area (Å²) in [5, 5.41) is 22.5. The molecule has 0 unspecified atom stereocenters. The van der Waals surface area contributed by atoms with E-state index in [0.717, 1.165) is 38.8 Å². The minimum Gasteiger partial charge on any atom is -0.351 e. The number of rotatable bonds is 6. The molecule has 1 saturated heterocycles. The molecule has 0 radical (unpaired) electrons. The van der Waals surface area contributed by atoms with Crippen molar-refractivity contribution < 1.29 is 4.79 Å². The zero-order valence-electron chi connectivity index (χ0n) is 11.5. The van der Waals surface area contributed by atoms with Gasteiger partial charge >= 0.3 is 0 Å². The Morgan fingerprint density at radius 3 is 3.05 bits per heavy atom. The van der Waals surface area contributed by atoms with Crippen LogP contribution in [-0.2, 0) is 0 Å². The van der Waals surface area contributed by atoms with Gasteiger partial charge in [-0.25, -0.2) is 4.68 Å². The van der Waals surface area contributed by atoms with Gasteiger partial charge in [-0.3, -0.25) is 4.79 Å². The molecule has 1 amide bonds. The normalized spacial score (nSPS) is 15.8. The lowest BCUT2D eigenvalue weighted by molar-refractivity contribution is 0.0948. The molecule has 2 rings (SSSR count). The third-order valence-corrected chi connectivity index (χ3v) is 3.43. The van der Waals surface area contributed by atoms with Gasteiger partial charge in [-0.2, -0.15) is 5.26 Å². The number of carbonyl (C=O) groups excluding carboxylic acids is 1. The van der Waals surface area contributed by atoms with Gasteiger partial charge in [0.25, 0.3) is 5.91 Å². The first-order chi connectivity index (χ1) is 9.81. The first kappa shape index (κ1) is 14.5. The largest absolute Gasteiger partial charge is 0.351 e. The van der Waals surface area contributed by atoms with Gasteiger partial charge in [-0.05, 0) is 38.8 Å². The third-order valence-electron chi connectivity index (χ3n) is 3.43. The number of amides is 1. The third kappa shape index (κ3) is 4.03. The number of nitriles is 1. The first-order valence-corrected chi connectivity index (χ1v) is 7.09. The van der Waals surface area contributed by atoms with Crippen molar-refractivity contribution >= 4 is 5.91 Å². The summed E-state index contributed by atoms with van der Waals surface area (Å²) in [5.41, 5.74) is 0.365. The summed E-state index contributed by atoms with van der Waals surface area (Å²) in [6.45, 7) is 2.52. The second-order valence-corrected chi connectivity index (χ2v) is 4.94. The Morgan fingerprint density at radius 2 is 2.30 bits per heavy atom. The van der Waals surface area contributed by atoms with Crippen LogP contribution in [0.4, 0.5) is 0 Å². The van der Waals surface area contributed by atoms with E-state index in [4.69, 9.17) is 5.26 Å². The quantitative estimate of drug-likeness (QED) is 0.743. The molecule has 1 fully saturated rings. The van der Waals surface area contributed by atoms with Crippen molar-refractivity contribution in [3.05, 3.63) is 11.9 Å². The summed E-state index contributed by atoms with van der Waals surface area (Å²) in [4.78, 5) is 11.9. The predicted octanol–water partition coefficient (Wildman–Crippen LogP) is 0.626. The van der Waals surface area contributed by atoms with Crippen LogP contribution >= 0.6 is 0 Å². The second-order valence-electron chi connectivity index (χ2n) is 4.94. The summed E-state index contributed by atoms with van der Waals surface area (Å²) in [5.74, 6) is -0.192. The first-order valence-electron chi connectivity index (χ1n) is 7.09. The maximum Gasteiger partial charge on any atom is 0.273 e. The van der Waals surface area contributed by atoms with Gasteiger partial charge in [0.1, 0.15) is 0 Å². The topological polar surface area (TPSA) is 95.6 Å². The van der Waals surface area contributed by atoms with Crippen LogP contribution in [0.15, 0.2) is 6.20 Å². The van der Waals surface area contributed by atoms with Crippen LogP contribution in [0.1, 0.15) is 48.6 Å². The number of nitrogens with one attached hydrogen (secondary N) is 2. The molecule has 0 bridgehead atoms. The van der Waals surface area contributed by atoms with Crippen LogP contribution in [0.2, 0.25) is 0 Å². The molecule has 0 saturated carbocycles. The Balaban J connectivity index is 1.79. The molecule has 2 heterocycles. The highest BCUT2D eigenvalue weighted by atomic mass is 16.2. The SMILES string of the molecule is N#CCCCCNC(=O)c1cn(C2CCNCC2)nn1. The monoisotopic (exact) mass is 276 g/mol. The lowest BCUT2D eigenvalue weighted by atomic mass is 10.1. The Hall–Kier alpha value is -1.94. The zero-order valence-corrected chi connectivity index (χ0v) is 11.5. The van der Waals surface area contributed by atoms with Crippen LogP contribution in [0.3, 0.4) is 0 Å². The number of nitrogens with zero attached hydrogens (tertiary/aromatic N) is 4. The molecule has 0 spiro atoms. The minimum atomic E-state index is -0.192. The van der Waals surface area contributed by atoms with Crippen molar-refractivity contribution in [3.63, 3.8) is 0 Å². The molecule has 0 aliphatic carbocycles.